The van der Waals surface area contributed by atoms with Gasteiger partial charge in [0.15, 0.2) is 0 Å². The highest BCUT2D eigenvalue weighted by atomic mass is 15.1. The molecule has 2 nitrogen and oxygen atoms in total. The Labute approximate surface area is 105 Å². The third-order valence-corrected chi connectivity index (χ3v) is 3.70. The molecule has 0 atom stereocenters. The zero-order chi connectivity index (χ0) is 12.3. The summed E-state index contributed by atoms with van der Waals surface area (Å²) in [4.78, 5) is 2.53. The first-order valence-corrected chi connectivity index (χ1v) is 6.72. The molecule has 1 heterocycles. The van der Waals surface area contributed by atoms with Crippen molar-refractivity contribution in [3.8, 4) is 0 Å². The summed E-state index contributed by atoms with van der Waals surface area (Å²) in [5.41, 5.74) is 8.91. The van der Waals surface area contributed by atoms with Crippen LogP contribution >= 0.6 is 0 Å². The molecule has 2 N–H and O–H groups in total. The molecule has 0 saturated carbocycles. The summed E-state index contributed by atoms with van der Waals surface area (Å²) in [6, 6.07) is 9.24. The predicted molar refractivity (Wildman–Crippen MR) is 73.0 cm³/mol. The SMILES string of the molecule is CC(C)c1ccccc1CN1CCC(N)CC1. The fourth-order valence-corrected chi connectivity index (χ4v) is 2.59. The van der Waals surface area contributed by atoms with Gasteiger partial charge in [-0.2, -0.15) is 0 Å². The predicted octanol–water partition coefficient (Wildman–Crippen LogP) is 2.73. The molecular weight excluding hydrogens is 208 g/mol. The summed E-state index contributed by atoms with van der Waals surface area (Å²) >= 11 is 0. The van der Waals surface area contributed by atoms with Crippen LogP contribution in [0, 0.1) is 0 Å². The van der Waals surface area contributed by atoms with Gasteiger partial charge >= 0.3 is 0 Å². The molecule has 0 spiro atoms. The Kier molecular flexibility index (Phi) is 4.19. The molecule has 1 fully saturated rings. The molecule has 1 aromatic rings. The molecule has 0 bridgehead atoms. The molecule has 0 amide bonds. The van der Waals surface area contributed by atoms with Crippen molar-refractivity contribution in [2.24, 2.45) is 5.73 Å². The minimum Gasteiger partial charge on any atom is -0.328 e. The minimum absolute atomic E-state index is 0.423. The fourth-order valence-electron chi connectivity index (χ4n) is 2.59. The second-order valence-electron chi connectivity index (χ2n) is 5.47. The highest BCUT2D eigenvalue weighted by Crippen LogP contribution is 2.21. The van der Waals surface area contributed by atoms with Crippen molar-refractivity contribution in [3.63, 3.8) is 0 Å². The van der Waals surface area contributed by atoms with E-state index in [9.17, 15) is 0 Å². The van der Waals surface area contributed by atoms with Crippen LogP contribution in [0.3, 0.4) is 0 Å². The summed E-state index contributed by atoms with van der Waals surface area (Å²) < 4.78 is 0. The van der Waals surface area contributed by atoms with Gasteiger partial charge in [-0.15, -0.1) is 0 Å². The molecule has 1 aromatic carbocycles. The molecule has 0 unspecified atom stereocenters. The van der Waals surface area contributed by atoms with Gasteiger partial charge in [-0.3, -0.25) is 4.90 Å². The quantitative estimate of drug-likeness (QED) is 0.868. The van der Waals surface area contributed by atoms with E-state index in [0.717, 1.165) is 32.5 Å². The van der Waals surface area contributed by atoms with Crippen molar-refractivity contribution in [2.45, 2.75) is 45.2 Å². The van der Waals surface area contributed by atoms with Crippen LogP contribution in [-0.4, -0.2) is 24.0 Å². The molecule has 0 aliphatic carbocycles. The second-order valence-corrected chi connectivity index (χ2v) is 5.47. The van der Waals surface area contributed by atoms with Gasteiger partial charge in [-0.25, -0.2) is 0 Å². The van der Waals surface area contributed by atoms with E-state index in [2.05, 4.69) is 43.0 Å². The molecular formula is C15H24N2. The Bertz CT molecular complexity index is 352. The van der Waals surface area contributed by atoms with Crippen LogP contribution < -0.4 is 5.73 Å². The van der Waals surface area contributed by atoms with Crippen molar-refractivity contribution in [1.82, 2.24) is 4.90 Å². The van der Waals surface area contributed by atoms with Crippen LogP contribution in [0.5, 0.6) is 0 Å². The van der Waals surface area contributed by atoms with Crippen LogP contribution in [0.4, 0.5) is 0 Å². The van der Waals surface area contributed by atoms with Gasteiger partial charge in [0.1, 0.15) is 0 Å². The van der Waals surface area contributed by atoms with E-state index < -0.39 is 0 Å². The largest absolute Gasteiger partial charge is 0.328 e. The maximum Gasteiger partial charge on any atom is 0.0236 e. The first-order valence-electron chi connectivity index (χ1n) is 6.72. The van der Waals surface area contributed by atoms with E-state index in [1.54, 1.807) is 0 Å². The number of hydrogen-bond acceptors (Lipinski definition) is 2. The lowest BCUT2D eigenvalue weighted by Gasteiger charge is -2.30. The van der Waals surface area contributed by atoms with Gasteiger partial charge in [-0.1, -0.05) is 38.1 Å². The van der Waals surface area contributed by atoms with Crippen LogP contribution in [-0.2, 0) is 6.54 Å². The molecule has 17 heavy (non-hydrogen) atoms. The van der Waals surface area contributed by atoms with E-state index in [1.165, 1.54) is 11.1 Å². The van der Waals surface area contributed by atoms with Crippen molar-refractivity contribution >= 4 is 0 Å². The zero-order valence-corrected chi connectivity index (χ0v) is 11.0. The zero-order valence-electron chi connectivity index (χ0n) is 11.0. The van der Waals surface area contributed by atoms with Gasteiger partial charge in [0.2, 0.25) is 0 Å². The summed E-state index contributed by atoms with van der Waals surface area (Å²) in [5, 5.41) is 0. The summed E-state index contributed by atoms with van der Waals surface area (Å²) in [7, 11) is 0. The number of rotatable bonds is 3. The lowest BCUT2D eigenvalue weighted by molar-refractivity contribution is 0.205. The monoisotopic (exact) mass is 232 g/mol. The third-order valence-electron chi connectivity index (χ3n) is 3.70. The second kappa shape index (κ2) is 5.65. The van der Waals surface area contributed by atoms with Crippen LogP contribution in [0.1, 0.15) is 43.7 Å². The van der Waals surface area contributed by atoms with Gasteiger partial charge in [0.25, 0.3) is 0 Å². The number of benzene rings is 1. The highest BCUT2D eigenvalue weighted by Gasteiger charge is 2.17. The smallest absolute Gasteiger partial charge is 0.0236 e. The first-order chi connectivity index (χ1) is 8.16. The maximum atomic E-state index is 5.94. The van der Waals surface area contributed by atoms with Crippen molar-refractivity contribution in [2.75, 3.05) is 13.1 Å². The first kappa shape index (κ1) is 12.6. The van der Waals surface area contributed by atoms with Crippen LogP contribution in [0.25, 0.3) is 0 Å². The summed E-state index contributed by atoms with van der Waals surface area (Å²) in [6.45, 7) is 7.91. The Hall–Kier alpha value is -0.860. The normalized spacial score (nSPS) is 18.8. The molecule has 1 aliphatic heterocycles. The van der Waals surface area contributed by atoms with E-state index in [-0.39, 0.29) is 0 Å². The average Bonchev–Trinajstić information content (AvgIpc) is 2.32. The Morgan fingerprint density at radius 1 is 1.24 bits per heavy atom. The van der Waals surface area contributed by atoms with Gasteiger partial charge < -0.3 is 5.73 Å². The Morgan fingerprint density at radius 3 is 2.53 bits per heavy atom. The van der Waals surface area contributed by atoms with E-state index in [4.69, 9.17) is 5.73 Å². The molecule has 94 valence electrons. The lowest BCUT2D eigenvalue weighted by atomic mass is 9.96. The molecule has 2 rings (SSSR count). The summed E-state index contributed by atoms with van der Waals surface area (Å²) in [5.74, 6) is 0.609. The molecule has 1 saturated heterocycles. The Balaban J connectivity index is 2.03. The van der Waals surface area contributed by atoms with E-state index >= 15 is 0 Å². The van der Waals surface area contributed by atoms with E-state index in [1.807, 2.05) is 0 Å². The van der Waals surface area contributed by atoms with Crippen molar-refractivity contribution in [3.05, 3.63) is 35.4 Å². The molecule has 1 aliphatic rings. The average molecular weight is 232 g/mol. The fraction of sp³-hybridized carbons (Fsp3) is 0.600. The molecule has 2 heteroatoms. The third kappa shape index (κ3) is 3.30. The van der Waals surface area contributed by atoms with Crippen molar-refractivity contribution < 1.29 is 0 Å². The molecule has 0 radical (unpaired) electrons. The number of nitrogens with two attached hydrogens (primary N) is 1. The van der Waals surface area contributed by atoms with Gasteiger partial charge in [0.05, 0.1) is 0 Å². The number of nitrogens with zero attached hydrogens (tertiary/aromatic N) is 1. The van der Waals surface area contributed by atoms with Crippen LogP contribution in [0.15, 0.2) is 24.3 Å². The van der Waals surface area contributed by atoms with E-state index in [0.29, 0.717) is 12.0 Å². The molecule has 0 aromatic heterocycles. The Morgan fingerprint density at radius 2 is 1.88 bits per heavy atom. The number of likely N-dealkylation sites (tertiary alicyclic amines) is 1. The number of piperidine rings is 1. The van der Waals surface area contributed by atoms with Crippen molar-refractivity contribution in [1.29, 1.82) is 0 Å². The van der Waals surface area contributed by atoms with Crippen LogP contribution in [0.2, 0.25) is 0 Å². The lowest BCUT2D eigenvalue weighted by Crippen LogP contribution is -2.39. The van der Waals surface area contributed by atoms with Gasteiger partial charge in [-0.05, 0) is 43.0 Å². The highest BCUT2D eigenvalue weighted by molar-refractivity contribution is 5.29. The topological polar surface area (TPSA) is 29.3 Å². The number of hydrogen-bond donors (Lipinski definition) is 1. The standard InChI is InChI=1S/C15H24N2/c1-12(2)15-6-4-3-5-13(15)11-17-9-7-14(16)8-10-17/h3-6,12,14H,7-11,16H2,1-2H3. The van der Waals surface area contributed by atoms with Gasteiger partial charge in [0, 0.05) is 12.6 Å². The maximum absolute atomic E-state index is 5.94. The minimum atomic E-state index is 0.423. The summed E-state index contributed by atoms with van der Waals surface area (Å²) in [6.07, 6.45) is 2.29.